The Morgan fingerprint density at radius 2 is 2.19 bits per heavy atom. The SMILES string of the molecule is Cc1nc2c(s1)C(NC1CC=CC1)CCC2. The van der Waals surface area contributed by atoms with E-state index in [1.165, 1.54) is 47.7 Å². The molecular formula is C13H18N2S. The van der Waals surface area contributed by atoms with Gasteiger partial charge >= 0.3 is 0 Å². The fourth-order valence-electron chi connectivity index (χ4n) is 2.74. The van der Waals surface area contributed by atoms with Crippen molar-refractivity contribution >= 4 is 11.3 Å². The van der Waals surface area contributed by atoms with Gasteiger partial charge in [-0.25, -0.2) is 4.98 Å². The van der Waals surface area contributed by atoms with Crippen molar-refractivity contribution in [2.45, 2.75) is 51.1 Å². The first-order valence-electron chi connectivity index (χ1n) is 6.20. The van der Waals surface area contributed by atoms with Gasteiger partial charge in [0.1, 0.15) is 0 Å². The molecule has 1 heterocycles. The molecule has 2 aliphatic carbocycles. The Labute approximate surface area is 101 Å². The molecule has 3 heteroatoms. The van der Waals surface area contributed by atoms with Gasteiger partial charge in [0.05, 0.1) is 10.7 Å². The number of aryl methyl sites for hydroxylation is 2. The largest absolute Gasteiger partial charge is 0.306 e. The minimum atomic E-state index is 0.569. The van der Waals surface area contributed by atoms with Crippen LogP contribution in [0.5, 0.6) is 0 Å². The molecule has 0 saturated carbocycles. The molecule has 0 amide bonds. The molecule has 0 spiro atoms. The maximum absolute atomic E-state index is 4.64. The second-order valence-electron chi connectivity index (χ2n) is 4.80. The Bertz CT molecular complexity index is 400. The molecule has 1 unspecified atom stereocenters. The van der Waals surface area contributed by atoms with Crippen LogP contribution in [0.2, 0.25) is 0 Å². The van der Waals surface area contributed by atoms with Crippen molar-refractivity contribution in [3.8, 4) is 0 Å². The van der Waals surface area contributed by atoms with Gasteiger partial charge in [0, 0.05) is 17.0 Å². The summed E-state index contributed by atoms with van der Waals surface area (Å²) in [6, 6.07) is 1.23. The molecule has 1 aromatic rings. The lowest BCUT2D eigenvalue weighted by molar-refractivity contribution is 0.407. The van der Waals surface area contributed by atoms with Crippen molar-refractivity contribution in [3.63, 3.8) is 0 Å². The molecule has 1 atom stereocenters. The minimum absolute atomic E-state index is 0.569. The average molecular weight is 234 g/mol. The van der Waals surface area contributed by atoms with Gasteiger partial charge in [-0.1, -0.05) is 12.2 Å². The van der Waals surface area contributed by atoms with Crippen LogP contribution >= 0.6 is 11.3 Å². The first-order valence-corrected chi connectivity index (χ1v) is 7.02. The van der Waals surface area contributed by atoms with Crippen LogP contribution in [0.4, 0.5) is 0 Å². The molecule has 0 fully saturated rings. The number of aromatic nitrogens is 1. The van der Waals surface area contributed by atoms with Gasteiger partial charge in [-0.15, -0.1) is 11.3 Å². The fourth-order valence-corrected chi connectivity index (χ4v) is 3.81. The van der Waals surface area contributed by atoms with Gasteiger partial charge in [-0.2, -0.15) is 0 Å². The predicted molar refractivity (Wildman–Crippen MR) is 67.8 cm³/mol. The quantitative estimate of drug-likeness (QED) is 0.795. The molecule has 1 aromatic heterocycles. The summed E-state index contributed by atoms with van der Waals surface area (Å²) < 4.78 is 0. The standard InChI is InChI=1S/C13H18N2S/c1-9-14-11-7-4-8-12(13(11)16-9)15-10-5-2-3-6-10/h2-3,10,12,15H,4-8H2,1H3. The van der Waals surface area contributed by atoms with Gasteiger partial charge in [0.15, 0.2) is 0 Å². The van der Waals surface area contributed by atoms with Crippen LogP contribution in [0.25, 0.3) is 0 Å². The van der Waals surface area contributed by atoms with E-state index in [4.69, 9.17) is 0 Å². The Kier molecular flexibility index (Phi) is 2.82. The summed E-state index contributed by atoms with van der Waals surface area (Å²) in [6.45, 7) is 2.12. The lowest BCUT2D eigenvalue weighted by Gasteiger charge is -2.25. The number of fused-ring (bicyclic) bond motifs is 1. The molecule has 2 aliphatic rings. The van der Waals surface area contributed by atoms with Crippen molar-refractivity contribution in [2.75, 3.05) is 0 Å². The second kappa shape index (κ2) is 4.30. The molecule has 0 aliphatic heterocycles. The Hall–Kier alpha value is -0.670. The van der Waals surface area contributed by atoms with E-state index in [-0.39, 0.29) is 0 Å². The monoisotopic (exact) mass is 234 g/mol. The summed E-state index contributed by atoms with van der Waals surface area (Å²) in [5.74, 6) is 0. The molecule has 16 heavy (non-hydrogen) atoms. The third-order valence-corrected chi connectivity index (χ3v) is 4.63. The van der Waals surface area contributed by atoms with Gasteiger partial charge < -0.3 is 5.32 Å². The van der Waals surface area contributed by atoms with E-state index < -0.39 is 0 Å². The van der Waals surface area contributed by atoms with Gasteiger partial charge in [-0.05, 0) is 39.0 Å². The van der Waals surface area contributed by atoms with Gasteiger partial charge in [-0.3, -0.25) is 0 Å². The van der Waals surface area contributed by atoms with Crippen molar-refractivity contribution in [1.29, 1.82) is 0 Å². The zero-order valence-corrected chi connectivity index (χ0v) is 10.5. The molecular weight excluding hydrogens is 216 g/mol. The molecule has 0 radical (unpaired) electrons. The zero-order valence-electron chi connectivity index (χ0n) is 9.70. The van der Waals surface area contributed by atoms with E-state index in [1.807, 2.05) is 11.3 Å². The lowest BCUT2D eigenvalue weighted by atomic mass is 9.97. The third kappa shape index (κ3) is 1.94. The van der Waals surface area contributed by atoms with Crippen LogP contribution in [0.1, 0.15) is 47.3 Å². The number of thiazole rings is 1. The molecule has 0 bridgehead atoms. The van der Waals surface area contributed by atoms with Crippen LogP contribution in [-0.4, -0.2) is 11.0 Å². The lowest BCUT2D eigenvalue weighted by Crippen LogP contribution is -2.32. The van der Waals surface area contributed by atoms with E-state index in [0.29, 0.717) is 12.1 Å². The van der Waals surface area contributed by atoms with Gasteiger partial charge in [0.2, 0.25) is 0 Å². The Balaban J connectivity index is 1.76. The Morgan fingerprint density at radius 3 is 3.00 bits per heavy atom. The van der Waals surface area contributed by atoms with Crippen molar-refractivity contribution in [3.05, 3.63) is 27.7 Å². The van der Waals surface area contributed by atoms with Crippen molar-refractivity contribution in [1.82, 2.24) is 10.3 Å². The first kappa shape index (κ1) is 10.5. The summed E-state index contributed by atoms with van der Waals surface area (Å²) in [4.78, 5) is 6.15. The summed E-state index contributed by atoms with van der Waals surface area (Å²) in [5, 5.41) is 5.02. The van der Waals surface area contributed by atoms with Crippen LogP contribution < -0.4 is 5.32 Å². The zero-order chi connectivity index (χ0) is 11.0. The predicted octanol–water partition coefficient (Wildman–Crippen LogP) is 3.14. The smallest absolute Gasteiger partial charge is 0.0900 e. The van der Waals surface area contributed by atoms with Crippen molar-refractivity contribution in [2.24, 2.45) is 0 Å². The summed E-state index contributed by atoms with van der Waals surface area (Å²) in [5.41, 5.74) is 1.36. The number of hydrogen-bond acceptors (Lipinski definition) is 3. The van der Waals surface area contributed by atoms with E-state index in [2.05, 4.69) is 29.4 Å². The van der Waals surface area contributed by atoms with Crippen molar-refractivity contribution < 1.29 is 0 Å². The molecule has 1 N–H and O–H groups in total. The van der Waals surface area contributed by atoms with Crippen LogP contribution in [0.3, 0.4) is 0 Å². The number of nitrogens with one attached hydrogen (secondary N) is 1. The van der Waals surface area contributed by atoms with E-state index in [1.54, 1.807) is 0 Å². The van der Waals surface area contributed by atoms with Crippen LogP contribution in [0.15, 0.2) is 12.2 Å². The normalized spacial score (nSPS) is 24.9. The second-order valence-corrected chi connectivity index (χ2v) is 6.03. The minimum Gasteiger partial charge on any atom is -0.306 e. The van der Waals surface area contributed by atoms with E-state index in [0.717, 1.165) is 0 Å². The third-order valence-electron chi connectivity index (χ3n) is 3.50. The molecule has 3 rings (SSSR count). The topological polar surface area (TPSA) is 24.9 Å². The summed E-state index contributed by atoms with van der Waals surface area (Å²) in [6.07, 6.45) is 10.7. The van der Waals surface area contributed by atoms with Crippen LogP contribution in [-0.2, 0) is 6.42 Å². The Morgan fingerprint density at radius 1 is 1.38 bits per heavy atom. The molecule has 86 valence electrons. The summed E-state index contributed by atoms with van der Waals surface area (Å²) in [7, 11) is 0. The molecule has 0 aromatic carbocycles. The maximum Gasteiger partial charge on any atom is 0.0900 e. The number of rotatable bonds is 2. The average Bonchev–Trinajstić information content (AvgIpc) is 2.86. The first-order chi connectivity index (χ1) is 7.83. The maximum atomic E-state index is 4.64. The highest BCUT2D eigenvalue weighted by Gasteiger charge is 2.25. The fraction of sp³-hybridized carbons (Fsp3) is 0.615. The molecule has 0 saturated heterocycles. The number of hydrogen-bond donors (Lipinski definition) is 1. The van der Waals surface area contributed by atoms with Gasteiger partial charge in [0.25, 0.3) is 0 Å². The highest BCUT2D eigenvalue weighted by Crippen LogP contribution is 2.34. The summed E-state index contributed by atoms with van der Waals surface area (Å²) >= 11 is 1.89. The number of nitrogens with zero attached hydrogens (tertiary/aromatic N) is 1. The highest BCUT2D eigenvalue weighted by molar-refractivity contribution is 7.11. The molecule has 2 nitrogen and oxygen atoms in total. The van der Waals surface area contributed by atoms with Crippen LogP contribution in [0, 0.1) is 6.92 Å². The van der Waals surface area contributed by atoms with E-state index in [9.17, 15) is 0 Å². The highest BCUT2D eigenvalue weighted by atomic mass is 32.1. The van der Waals surface area contributed by atoms with E-state index >= 15 is 0 Å².